The van der Waals surface area contributed by atoms with E-state index in [-0.39, 0.29) is 12.1 Å². The minimum Gasteiger partial charge on any atom is -0.448 e. The van der Waals surface area contributed by atoms with Crippen LogP contribution in [0.15, 0.2) is 0 Å². The Bertz CT molecular complexity index is 276. The second-order valence-corrected chi connectivity index (χ2v) is 6.27. The first-order chi connectivity index (χ1) is 10.3. The van der Waals surface area contributed by atoms with E-state index in [1.54, 1.807) is 0 Å². The molecule has 0 spiro atoms. The second-order valence-electron chi connectivity index (χ2n) is 6.27. The van der Waals surface area contributed by atoms with Crippen LogP contribution in [-0.4, -0.2) is 18.4 Å². The summed E-state index contributed by atoms with van der Waals surface area (Å²) in [5.41, 5.74) is 0. The summed E-state index contributed by atoms with van der Waals surface area (Å²) >= 11 is 0. The van der Waals surface area contributed by atoms with Crippen LogP contribution < -0.4 is 0 Å². The van der Waals surface area contributed by atoms with Crippen LogP contribution >= 0.6 is 0 Å². The lowest BCUT2D eigenvalue weighted by Crippen LogP contribution is -1.88. The molecular weight excluding hydrogens is 264 g/mol. The van der Waals surface area contributed by atoms with Crippen LogP contribution in [0.25, 0.3) is 0 Å². The van der Waals surface area contributed by atoms with E-state index >= 15 is 0 Å². The van der Waals surface area contributed by atoms with E-state index in [9.17, 15) is 9.59 Å². The number of aldehydes is 1. The molecule has 1 heterocycles. The summed E-state index contributed by atoms with van der Waals surface area (Å²) in [6.45, 7) is 0. The molecule has 122 valence electrons. The highest BCUT2D eigenvalue weighted by Crippen LogP contribution is 2.20. The SMILES string of the molecule is O=CCCCCCCCCCCCCCCCC1OC1=O. The lowest BCUT2D eigenvalue weighted by Gasteiger charge is -2.02. The average molecular weight is 296 g/mol. The topological polar surface area (TPSA) is 46.7 Å². The van der Waals surface area contributed by atoms with Gasteiger partial charge in [0.05, 0.1) is 0 Å². The molecule has 0 bridgehead atoms. The van der Waals surface area contributed by atoms with E-state index in [1.807, 2.05) is 0 Å². The Labute approximate surface area is 129 Å². The molecule has 1 aliphatic rings. The van der Waals surface area contributed by atoms with Crippen LogP contribution in [0.1, 0.15) is 96.3 Å². The first kappa shape index (κ1) is 18.2. The largest absolute Gasteiger partial charge is 0.448 e. The molecule has 1 atom stereocenters. The fourth-order valence-electron chi connectivity index (χ4n) is 2.78. The summed E-state index contributed by atoms with van der Waals surface area (Å²) in [6.07, 6.45) is 19.4. The third-order valence-electron chi connectivity index (χ3n) is 4.25. The predicted molar refractivity (Wildman–Crippen MR) is 85.2 cm³/mol. The van der Waals surface area contributed by atoms with Gasteiger partial charge in [0.15, 0.2) is 6.10 Å². The molecule has 0 N–H and O–H groups in total. The lowest BCUT2D eigenvalue weighted by molar-refractivity contribution is -0.117. The number of hydrogen-bond donors (Lipinski definition) is 0. The number of cyclic esters (lactones) is 1. The van der Waals surface area contributed by atoms with Gasteiger partial charge in [-0.25, -0.2) is 4.79 Å². The van der Waals surface area contributed by atoms with E-state index in [0.717, 1.165) is 32.0 Å². The fraction of sp³-hybridized carbons (Fsp3) is 0.889. The standard InChI is InChI=1S/C18H32O3/c19-16-14-12-10-8-6-4-2-1-3-5-7-9-11-13-15-17-18(20)21-17/h16-17H,1-15H2. The summed E-state index contributed by atoms with van der Waals surface area (Å²) in [5, 5.41) is 0. The number of carbonyl (C=O) groups excluding carboxylic acids is 2. The van der Waals surface area contributed by atoms with Gasteiger partial charge in [-0.2, -0.15) is 0 Å². The number of unbranched alkanes of at least 4 members (excludes halogenated alkanes) is 13. The molecule has 0 aromatic heterocycles. The lowest BCUT2D eigenvalue weighted by atomic mass is 10.0. The van der Waals surface area contributed by atoms with Gasteiger partial charge in [-0.15, -0.1) is 0 Å². The maximum atomic E-state index is 10.6. The molecule has 1 unspecified atom stereocenters. The molecule has 0 aromatic carbocycles. The second kappa shape index (κ2) is 12.8. The third kappa shape index (κ3) is 11.5. The first-order valence-electron chi connectivity index (χ1n) is 8.98. The summed E-state index contributed by atoms with van der Waals surface area (Å²) in [5.74, 6) is -0.00117. The van der Waals surface area contributed by atoms with Crippen LogP contribution in [0.4, 0.5) is 0 Å². The summed E-state index contributed by atoms with van der Waals surface area (Å²) in [7, 11) is 0. The van der Waals surface area contributed by atoms with Crippen LogP contribution in [0, 0.1) is 0 Å². The monoisotopic (exact) mass is 296 g/mol. The van der Waals surface area contributed by atoms with Gasteiger partial charge in [0.2, 0.25) is 0 Å². The maximum Gasteiger partial charge on any atom is 0.348 e. The number of carbonyl (C=O) groups is 2. The maximum absolute atomic E-state index is 10.6. The van der Waals surface area contributed by atoms with Crippen molar-refractivity contribution < 1.29 is 14.3 Å². The van der Waals surface area contributed by atoms with E-state index in [4.69, 9.17) is 4.74 Å². The smallest absolute Gasteiger partial charge is 0.348 e. The van der Waals surface area contributed by atoms with Crippen molar-refractivity contribution in [2.24, 2.45) is 0 Å². The molecule has 1 aliphatic heterocycles. The van der Waals surface area contributed by atoms with Gasteiger partial charge in [-0.05, 0) is 19.3 Å². The minimum absolute atomic E-state index is 0.00117. The van der Waals surface area contributed by atoms with Gasteiger partial charge >= 0.3 is 5.97 Å². The zero-order valence-electron chi connectivity index (χ0n) is 13.5. The van der Waals surface area contributed by atoms with E-state index < -0.39 is 0 Å². The predicted octanol–water partition coefficient (Wildman–Crippen LogP) is 4.96. The summed E-state index contributed by atoms with van der Waals surface area (Å²) in [4.78, 5) is 20.8. The molecule has 3 heteroatoms. The van der Waals surface area contributed by atoms with Crippen molar-refractivity contribution in [3.8, 4) is 0 Å². The Morgan fingerprint density at radius 2 is 1.10 bits per heavy atom. The molecule has 21 heavy (non-hydrogen) atoms. The van der Waals surface area contributed by atoms with Gasteiger partial charge in [-0.1, -0.05) is 70.6 Å². The molecule has 0 radical (unpaired) electrons. The van der Waals surface area contributed by atoms with Gasteiger partial charge in [0.1, 0.15) is 6.29 Å². The molecule has 0 saturated carbocycles. The normalized spacial score (nSPS) is 16.8. The van der Waals surface area contributed by atoms with Crippen molar-refractivity contribution in [2.45, 2.75) is 102 Å². The number of ether oxygens (including phenoxy) is 1. The van der Waals surface area contributed by atoms with Crippen molar-refractivity contribution in [3.05, 3.63) is 0 Å². The van der Waals surface area contributed by atoms with Gasteiger partial charge in [0.25, 0.3) is 0 Å². The fourth-order valence-corrected chi connectivity index (χ4v) is 2.78. The van der Waals surface area contributed by atoms with Crippen molar-refractivity contribution in [1.29, 1.82) is 0 Å². The number of epoxide rings is 1. The Hall–Kier alpha value is -0.860. The quantitative estimate of drug-likeness (QED) is 0.230. The van der Waals surface area contributed by atoms with Crippen molar-refractivity contribution >= 4 is 12.3 Å². The van der Waals surface area contributed by atoms with Crippen molar-refractivity contribution in [1.82, 2.24) is 0 Å². The van der Waals surface area contributed by atoms with E-state index in [1.165, 1.54) is 70.6 Å². The molecule has 1 saturated heterocycles. The average Bonchev–Trinajstić information content (AvgIpc) is 3.19. The number of hydrogen-bond acceptors (Lipinski definition) is 3. The zero-order valence-corrected chi connectivity index (χ0v) is 13.5. The molecule has 0 aliphatic carbocycles. The van der Waals surface area contributed by atoms with Crippen LogP contribution in [0.3, 0.4) is 0 Å². The molecule has 1 fully saturated rings. The summed E-state index contributed by atoms with van der Waals surface area (Å²) in [6, 6.07) is 0. The van der Waals surface area contributed by atoms with Crippen LogP contribution in [-0.2, 0) is 14.3 Å². The molecule has 3 nitrogen and oxygen atoms in total. The minimum atomic E-state index is -0.0385. The van der Waals surface area contributed by atoms with Crippen LogP contribution in [0.5, 0.6) is 0 Å². The molecular formula is C18H32O3. The van der Waals surface area contributed by atoms with Gasteiger partial charge in [0, 0.05) is 6.42 Å². The Kier molecular flexibility index (Phi) is 11.1. The Morgan fingerprint density at radius 3 is 1.48 bits per heavy atom. The first-order valence-corrected chi connectivity index (χ1v) is 8.98. The Morgan fingerprint density at radius 1 is 0.714 bits per heavy atom. The highest BCUT2D eigenvalue weighted by Gasteiger charge is 2.36. The van der Waals surface area contributed by atoms with Gasteiger partial charge < -0.3 is 9.53 Å². The summed E-state index contributed by atoms with van der Waals surface area (Å²) < 4.78 is 4.78. The number of rotatable bonds is 16. The van der Waals surface area contributed by atoms with E-state index in [0.29, 0.717) is 0 Å². The Balaban J connectivity index is 1.63. The van der Waals surface area contributed by atoms with Gasteiger partial charge in [-0.3, -0.25) is 0 Å². The molecule has 0 aromatic rings. The van der Waals surface area contributed by atoms with Crippen LogP contribution in [0.2, 0.25) is 0 Å². The molecule has 1 rings (SSSR count). The highest BCUT2D eigenvalue weighted by atomic mass is 16.6. The molecule has 0 amide bonds. The van der Waals surface area contributed by atoms with Crippen molar-refractivity contribution in [3.63, 3.8) is 0 Å². The zero-order chi connectivity index (χ0) is 15.2. The van der Waals surface area contributed by atoms with Crippen molar-refractivity contribution in [2.75, 3.05) is 0 Å². The highest BCUT2D eigenvalue weighted by molar-refractivity contribution is 5.87. The third-order valence-corrected chi connectivity index (χ3v) is 4.25. The van der Waals surface area contributed by atoms with E-state index in [2.05, 4.69) is 0 Å².